The molecule has 0 radical (unpaired) electrons. The summed E-state index contributed by atoms with van der Waals surface area (Å²) in [6.45, 7) is 2.20. The highest BCUT2D eigenvalue weighted by Gasteiger charge is 2.43. The van der Waals surface area contributed by atoms with Gasteiger partial charge in [0.15, 0.2) is 0 Å². The second-order valence-corrected chi connectivity index (χ2v) is 7.72. The third-order valence-corrected chi connectivity index (χ3v) is 5.98. The van der Waals surface area contributed by atoms with Crippen LogP contribution < -0.4 is 26.0 Å². The Morgan fingerprint density at radius 3 is 2.41 bits per heavy atom. The standard InChI is InChI=1S/C20H30N6O/c1-27-17-14-15(25-12-6-3-7-13-25)8-9-16(17)26-19(22)23-18(21)24-20(26)10-4-2-5-11-20/h8-9,14H,2-7,10-13H2,1H3,(H4,21,22,23,24). The maximum absolute atomic E-state index is 6.36. The van der Waals surface area contributed by atoms with Crippen molar-refractivity contribution in [3.8, 4) is 5.75 Å². The SMILES string of the molecule is COc1cc(N2CCCCC2)ccc1N1C(N)=NC(N)=NC12CCCCC2. The molecule has 2 fully saturated rings. The Balaban J connectivity index is 1.73. The number of aliphatic imine (C=N–C) groups is 2. The lowest BCUT2D eigenvalue weighted by Crippen LogP contribution is -2.58. The zero-order valence-electron chi connectivity index (χ0n) is 16.2. The molecule has 1 saturated heterocycles. The Bertz CT molecular complexity index is 747. The van der Waals surface area contributed by atoms with E-state index in [1.807, 2.05) is 4.90 Å². The Kier molecular flexibility index (Phi) is 4.85. The molecule has 1 aromatic carbocycles. The van der Waals surface area contributed by atoms with Crippen LogP contribution in [0.4, 0.5) is 11.4 Å². The molecule has 1 saturated carbocycles. The molecule has 1 spiro atoms. The molecule has 0 aromatic heterocycles. The fourth-order valence-corrected chi connectivity index (χ4v) is 4.67. The number of methoxy groups -OCH3 is 1. The molecular formula is C20H30N6O. The smallest absolute Gasteiger partial charge is 0.220 e. The molecule has 4 N–H and O–H groups in total. The van der Waals surface area contributed by atoms with Gasteiger partial charge in [-0.1, -0.05) is 6.42 Å². The summed E-state index contributed by atoms with van der Waals surface area (Å²) in [5, 5.41) is 0. The van der Waals surface area contributed by atoms with Gasteiger partial charge in [-0.15, -0.1) is 0 Å². The van der Waals surface area contributed by atoms with Crippen molar-refractivity contribution in [2.75, 3.05) is 30.0 Å². The van der Waals surface area contributed by atoms with Crippen LogP contribution in [0, 0.1) is 0 Å². The third-order valence-electron chi connectivity index (χ3n) is 5.98. The number of anilines is 2. The van der Waals surface area contributed by atoms with Crippen LogP contribution in [0.2, 0.25) is 0 Å². The first kappa shape index (κ1) is 17.9. The van der Waals surface area contributed by atoms with Crippen molar-refractivity contribution in [2.24, 2.45) is 21.5 Å². The maximum Gasteiger partial charge on any atom is 0.220 e. The van der Waals surface area contributed by atoms with E-state index in [4.69, 9.17) is 21.2 Å². The molecule has 7 heteroatoms. The average Bonchev–Trinajstić information content (AvgIpc) is 2.69. The van der Waals surface area contributed by atoms with Crippen molar-refractivity contribution in [1.29, 1.82) is 0 Å². The second-order valence-electron chi connectivity index (χ2n) is 7.72. The highest BCUT2D eigenvalue weighted by atomic mass is 16.5. The van der Waals surface area contributed by atoms with Crippen molar-refractivity contribution in [2.45, 2.75) is 57.0 Å². The number of piperidine rings is 1. The number of rotatable bonds is 3. The highest BCUT2D eigenvalue weighted by Crippen LogP contribution is 2.43. The summed E-state index contributed by atoms with van der Waals surface area (Å²) in [5.41, 5.74) is 14.0. The average molecular weight is 371 g/mol. The molecule has 1 aliphatic carbocycles. The first-order valence-corrected chi connectivity index (χ1v) is 10.1. The van der Waals surface area contributed by atoms with Crippen molar-refractivity contribution in [3.05, 3.63) is 18.2 Å². The predicted molar refractivity (Wildman–Crippen MR) is 111 cm³/mol. The molecule has 3 aliphatic rings. The van der Waals surface area contributed by atoms with Gasteiger partial charge in [-0.3, -0.25) is 4.90 Å². The molecule has 4 rings (SSSR count). The molecule has 0 amide bonds. The Morgan fingerprint density at radius 2 is 1.70 bits per heavy atom. The minimum atomic E-state index is -0.450. The van der Waals surface area contributed by atoms with Crippen molar-refractivity contribution >= 4 is 23.3 Å². The first-order valence-electron chi connectivity index (χ1n) is 10.1. The van der Waals surface area contributed by atoms with E-state index in [0.717, 1.165) is 50.2 Å². The highest BCUT2D eigenvalue weighted by molar-refractivity contribution is 6.06. The molecular weight excluding hydrogens is 340 g/mol. The van der Waals surface area contributed by atoms with Gasteiger partial charge in [0, 0.05) is 24.8 Å². The van der Waals surface area contributed by atoms with Gasteiger partial charge in [0.1, 0.15) is 11.4 Å². The van der Waals surface area contributed by atoms with Crippen LogP contribution in [-0.4, -0.2) is 37.8 Å². The lowest BCUT2D eigenvalue weighted by molar-refractivity contribution is 0.303. The minimum absolute atomic E-state index is 0.273. The zero-order chi connectivity index (χ0) is 18.9. The predicted octanol–water partition coefficient (Wildman–Crippen LogP) is 2.80. The maximum atomic E-state index is 6.36. The third kappa shape index (κ3) is 3.31. The summed E-state index contributed by atoms with van der Waals surface area (Å²) in [7, 11) is 1.71. The number of nitrogens with two attached hydrogens (primary N) is 2. The zero-order valence-corrected chi connectivity index (χ0v) is 16.2. The van der Waals surface area contributed by atoms with E-state index in [1.165, 1.54) is 31.4 Å². The molecule has 2 heterocycles. The normalized spacial score (nSPS) is 22.4. The Morgan fingerprint density at radius 1 is 1.00 bits per heavy atom. The Hall–Kier alpha value is -2.44. The van der Waals surface area contributed by atoms with Crippen LogP contribution in [0.1, 0.15) is 51.4 Å². The van der Waals surface area contributed by atoms with Gasteiger partial charge in [-0.25, -0.2) is 4.99 Å². The molecule has 27 heavy (non-hydrogen) atoms. The van der Waals surface area contributed by atoms with Gasteiger partial charge in [-0.05, 0) is 57.1 Å². The van der Waals surface area contributed by atoms with Crippen LogP contribution in [0.25, 0.3) is 0 Å². The van der Waals surface area contributed by atoms with Crippen LogP contribution in [0.15, 0.2) is 28.2 Å². The number of hydrogen-bond donors (Lipinski definition) is 2. The van der Waals surface area contributed by atoms with E-state index in [2.05, 4.69) is 28.1 Å². The van der Waals surface area contributed by atoms with Crippen molar-refractivity contribution < 1.29 is 4.74 Å². The molecule has 0 unspecified atom stereocenters. The fraction of sp³-hybridized carbons (Fsp3) is 0.600. The van der Waals surface area contributed by atoms with Crippen molar-refractivity contribution in [3.63, 3.8) is 0 Å². The monoisotopic (exact) mass is 370 g/mol. The Labute approximate surface area is 161 Å². The molecule has 146 valence electrons. The minimum Gasteiger partial charge on any atom is -0.494 e. The topological polar surface area (TPSA) is 92.5 Å². The van der Waals surface area contributed by atoms with Gasteiger partial charge in [0.25, 0.3) is 0 Å². The lowest BCUT2D eigenvalue weighted by Gasteiger charge is -2.46. The van der Waals surface area contributed by atoms with Crippen LogP contribution in [0.3, 0.4) is 0 Å². The summed E-state index contributed by atoms with van der Waals surface area (Å²) >= 11 is 0. The first-order chi connectivity index (χ1) is 13.1. The number of nitrogens with zero attached hydrogens (tertiary/aromatic N) is 4. The van der Waals surface area contributed by atoms with E-state index >= 15 is 0 Å². The van der Waals surface area contributed by atoms with Crippen LogP contribution in [-0.2, 0) is 0 Å². The molecule has 0 bridgehead atoms. The number of guanidine groups is 2. The van der Waals surface area contributed by atoms with Crippen LogP contribution in [0.5, 0.6) is 5.75 Å². The summed E-state index contributed by atoms with van der Waals surface area (Å²) < 4.78 is 5.78. The van der Waals surface area contributed by atoms with E-state index in [0.29, 0.717) is 5.96 Å². The number of ether oxygens (including phenoxy) is 1. The fourth-order valence-electron chi connectivity index (χ4n) is 4.67. The van der Waals surface area contributed by atoms with Crippen molar-refractivity contribution in [1.82, 2.24) is 0 Å². The number of hydrogen-bond acceptors (Lipinski definition) is 7. The van der Waals surface area contributed by atoms with E-state index in [1.54, 1.807) is 7.11 Å². The van der Waals surface area contributed by atoms with Gasteiger partial charge < -0.3 is 21.1 Å². The van der Waals surface area contributed by atoms with E-state index in [9.17, 15) is 0 Å². The van der Waals surface area contributed by atoms with Crippen LogP contribution >= 0.6 is 0 Å². The molecule has 1 aromatic rings. The van der Waals surface area contributed by atoms with E-state index in [-0.39, 0.29) is 5.96 Å². The summed E-state index contributed by atoms with van der Waals surface area (Å²) in [6, 6.07) is 6.37. The van der Waals surface area contributed by atoms with Gasteiger partial charge in [0.2, 0.25) is 11.9 Å². The van der Waals surface area contributed by atoms with E-state index < -0.39 is 5.66 Å². The summed E-state index contributed by atoms with van der Waals surface area (Å²) in [4.78, 5) is 13.5. The molecule has 2 aliphatic heterocycles. The number of benzene rings is 1. The molecule has 7 nitrogen and oxygen atoms in total. The van der Waals surface area contributed by atoms with Gasteiger partial charge in [0.05, 0.1) is 12.8 Å². The lowest BCUT2D eigenvalue weighted by atomic mass is 9.87. The quantitative estimate of drug-likeness (QED) is 0.853. The summed E-state index contributed by atoms with van der Waals surface area (Å²) in [6.07, 6.45) is 9.06. The second kappa shape index (κ2) is 7.29. The van der Waals surface area contributed by atoms with Gasteiger partial charge >= 0.3 is 0 Å². The largest absolute Gasteiger partial charge is 0.494 e. The van der Waals surface area contributed by atoms with Gasteiger partial charge in [-0.2, -0.15) is 4.99 Å². The molecule has 0 atom stereocenters. The summed E-state index contributed by atoms with van der Waals surface area (Å²) in [5.74, 6) is 1.47.